The molecule has 0 heterocycles. The van der Waals surface area contributed by atoms with Crippen LogP contribution in [0.1, 0.15) is 34.1 Å². The standard InChI is InChI=1S/C10H19Br/c1-8(2)10(9(3)4)6-5-7-11/h6,8-9H,5,7H2,1-4H3. The first kappa shape index (κ1) is 11.2. The summed E-state index contributed by atoms with van der Waals surface area (Å²) in [4.78, 5) is 0. The van der Waals surface area contributed by atoms with E-state index in [0.29, 0.717) is 11.8 Å². The lowest BCUT2D eigenvalue weighted by Crippen LogP contribution is -2.01. The number of hydrogen-bond donors (Lipinski definition) is 0. The zero-order chi connectivity index (χ0) is 8.85. The van der Waals surface area contributed by atoms with Crippen LogP contribution in [0.4, 0.5) is 0 Å². The van der Waals surface area contributed by atoms with Crippen molar-refractivity contribution < 1.29 is 0 Å². The summed E-state index contributed by atoms with van der Waals surface area (Å²) in [6.07, 6.45) is 3.52. The summed E-state index contributed by atoms with van der Waals surface area (Å²) in [6.45, 7) is 9.06. The molecule has 0 aromatic heterocycles. The Hall–Kier alpha value is 0.220. The third-order valence-corrected chi connectivity index (χ3v) is 2.28. The first-order valence-electron chi connectivity index (χ1n) is 4.35. The maximum Gasteiger partial charge on any atom is 0.00660 e. The van der Waals surface area contributed by atoms with E-state index in [1.165, 1.54) is 0 Å². The van der Waals surface area contributed by atoms with Crippen LogP contribution < -0.4 is 0 Å². The maximum absolute atomic E-state index is 3.43. The molecule has 0 aromatic carbocycles. The summed E-state index contributed by atoms with van der Waals surface area (Å²) in [6, 6.07) is 0. The minimum Gasteiger partial charge on any atom is -0.0925 e. The van der Waals surface area contributed by atoms with E-state index in [2.05, 4.69) is 49.7 Å². The lowest BCUT2D eigenvalue weighted by Gasteiger charge is -2.14. The van der Waals surface area contributed by atoms with E-state index in [1.807, 2.05) is 0 Å². The largest absolute Gasteiger partial charge is 0.0925 e. The van der Waals surface area contributed by atoms with Crippen molar-refractivity contribution in [3.05, 3.63) is 11.6 Å². The quantitative estimate of drug-likeness (QED) is 0.495. The fraction of sp³-hybridized carbons (Fsp3) is 0.800. The summed E-state index contributed by atoms with van der Waals surface area (Å²) >= 11 is 3.43. The van der Waals surface area contributed by atoms with Crippen LogP contribution in [0.15, 0.2) is 11.6 Å². The van der Waals surface area contributed by atoms with Gasteiger partial charge in [-0.15, -0.1) is 0 Å². The second-order valence-electron chi connectivity index (χ2n) is 3.49. The van der Waals surface area contributed by atoms with Crippen molar-refractivity contribution in [3.8, 4) is 0 Å². The minimum absolute atomic E-state index is 0.703. The number of halogens is 1. The molecule has 0 aromatic rings. The Morgan fingerprint density at radius 3 is 1.91 bits per heavy atom. The lowest BCUT2D eigenvalue weighted by atomic mass is 9.92. The van der Waals surface area contributed by atoms with Crippen LogP contribution in [-0.4, -0.2) is 5.33 Å². The van der Waals surface area contributed by atoms with Gasteiger partial charge < -0.3 is 0 Å². The van der Waals surface area contributed by atoms with E-state index in [0.717, 1.165) is 11.8 Å². The Labute approximate surface area is 79.2 Å². The smallest absolute Gasteiger partial charge is 0.00660 e. The first-order valence-corrected chi connectivity index (χ1v) is 5.47. The Balaban J connectivity index is 4.09. The predicted octanol–water partition coefficient (Wildman–Crippen LogP) is 4.01. The summed E-state index contributed by atoms with van der Waals surface area (Å²) < 4.78 is 0. The molecule has 0 unspecified atom stereocenters. The molecule has 0 saturated carbocycles. The maximum atomic E-state index is 3.43. The van der Waals surface area contributed by atoms with Gasteiger partial charge in [0.2, 0.25) is 0 Å². The predicted molar refractivity (Wildman–Crippen MR) is 56.2 cm³/mol. The van der Waals surface area contributed by atoms with Crippen LogP contribution in [-0.2, 0) is 0 Å². The highest BCUT2D eigenvalue weighted by Crippen LogP contribution is 2.19. The van der Waals surface area contributed by atoms with Crippen molar-refractivity contribution in [1.29, 1.82) is 0 Å². The van der Waals surface area contributed by atoms with Gasteiger partial charge in [-0.2, -0.15) is 0 Å². The molecule has 0 amide bonds. The van der Waals surface area contributed by atoms with Gasteiger partial charge in [-0.3, -0.25) is 0 Å². The zero-order valence-corrected chi connectivity index (χ0v) is 9.61. The highest BCUT2D eigenvalue weighted by atomic mass is 79.9. The Morgan fingerprint density at radius 1 is 1.18 bits per heavy atom. The molecule has 0 spiro atoms. The highest BCUT2D eigenvalue weighted by molar-refractivity contribution is 9.09. The van der Waals surface area contributed by atoms with Gasteiger partial charge in [0.1, 0.15) is 0 Å². The zero-order valence-electron chi connectivity index (χ0n) is 8.02. The third kappa shape index (κ3) is 4.62. The van der Waals surface area contributed by atoms with E-state index >= 15 is 0 Å². The monoisotopic (exact) mass is 218 g/mol. The number of rotatable bonds is 4. The average Bonchev–Trinajstić information content (AvgIpc) is 1.87. The Kier molecular flexibility index (Phi) is 5.93. The van der Waals surface area contributed by atoms with Crippen LogP contribution in [0.3, 0.4) is 0 Å². The molecule has 11 heavy (non-hydrogen) atoms. The topological polar surface area (TPSA) is 0 Å². The molecule has 0 aliphatic carbocycles. The van der Waals surface area contributed by atoms with E-state index < -0.39 is 0 Å². The molecule has 0 fully saturated rings. The molecular weight excluding hydrogens is 200 g/mol. The lowest BCUT2D eigenvalue weighted by molar-refractivity contribution is 0.621. The highest BCUT2D eigenvalue weighted by Gasteiger charge is 2.06. The normalized spacial score (nSPS) is 10.8. The van der Waals surface area contributed by atoms with Crippen LogP contribution in [0, 0.1) is 11.8 Å². The van der Waals surface area contributed by atoms with Crippen LogP contribution in [0.5, 0.6) is 0 Å². The van der Waals surface area contributed by atoms with Crippen molar-refractivity contribution >= 4 is 15.9 Å². The molecule has 0 bridgehead atoms. The van der Waals surface area contributed by atoms with Gasteiger partial charge >= 0.3 is 0 Å². The van der Waals surface area contributed by atoms with Crippen molar-refractivity contribution in [3.63, 3.8) is 0 Å². The molecule has 0 aliphatic heterocycles. The summed E-state index contributed by atoms with van der Waals surface area (Å²) in [7, 11) is 0. The Bertz CT molecular complexity index is 113. The van der Waals surface area contributed by atoms with E-state index in [1.54, 1.807) is 5.57 Å². The van der Waals surface area contributed by atoms with Gasteiger partial charge in [0.15, 0.2) is 0 Å². The number of allylic oxidation sites excluding steroid dienone is 2. The van der Waals surface area contributed by atoms with E-state index in [-0.39, 0.29) is 0 Å². The Morgan fingerprint density at radius 2 is 1.64 bits per heavy atom. The van der Waals surface area contributed by atoms with Gasteiger partial charge in [0, 0.05) is 5.33 Å². The molecule has 0 saturated heterocycles. The summed E-state index contributed by atoms with van der Waals surface area (Å²) in [5.74, 6) is 1.41. The van der Waals surface area contributed by atoms with Crippen molar-refractivity contribution in [1.82, 2.24) is 0 Å². The second-order valence-corrected chi connectivity index (χ2v) is 4.28. The number of alkyl halides is 1. The summed E-state index contributed by atoms with van der Waals surface area (Å²) in [5.41, 5.74) is 1.59. The van der Waals surface area contributed by atoms with Crippen molar-refractivity contribution in [2.45, 2.75) is 34.1 Å². The summed E-state index contributed by atoms with van der Waals surface area (Å²) in [5, 5.41) is 1.08. The molecule has 0 N–H and O–H groups in total. The fourth-order valence-corrected chi connectivity index (χ4v) is 1.59. The van der Waals surface area contributed by atoms with Gasteiger partial charge in [-0.1, -0.05) is 55.3 Å². The van der Waals surface area contributed by atoms with Gasteiger partial charge in [-0.05, 0) is 18.3 Å². The van der Waals surface area contributed by atoms with E-state index in [4.69, 9.17) is 0 Å². The second kappa shape index (κ2) is 5.82. The molecule has 66 valence electrons. The molecule has 0 nitrogen and oxygen atoms in total. The minimum atomic E-state index is 0.703. The van der Waals surface area contributed by atoms with Crippen LogP contribution in [0.25, 0.3) is 0 Å². The molecule has 0 aliphatic rings. The van der Waals surface area contributed by atoms with Gasteiger partial charge in [-0.25, -0.2) is 0 Å². The number of hydrogen-bond acceptors (Lipinski definition) is 0. The molecule has 0 atom stereocenters. The molecular formula is C10H19Br. The molecule has 1 heteroatoms. The first-order chi connectivity index (χ1) is 5.09. The average molecular weight is 219 g/mol. The van der Waals surface area contributed by atoms with Crippen molar-refractivity contribution in [2.75, 3.05) is 5.33 Å². The van der Waals surface area contributed by atoms with Gasteiger partial charge in [0.25, 0.3) is 0 Å². The van der Waals surface area contributed by atoms with E-state index in [9.17, 15) is 0 Å². The van der Waals surface area contributed by atoms with Gasteiger partial charge in [0.05, 0.1) is 0 Å². The third-order valence-electron chi connectivity index (χ3n) is 1.82. The van der Waals surface area contributed by atoms with Crippen LogP contribution in [0.2, 0.25) is 0 Å². The van der Waals surface area contributed by atoms with Crippen molar-refractivity contribution in [2.24, 2.45) is 11.8 Å². The fourth-order valence-electron chi connectivity index (χ4n) is 1.36. The van der Waals surface area contributed by atoms with Crippen LogP contribution >= 0.6 is 15.9 Å². The molecule has 0 rings (SSSR count). The SMILES string of the molecule is CC(C)C(=CCCBr)C(C)C. The molecule has 0 radical (unpaired) electrons.